The van der Waals surface area contributed by atoms with Crippen LogP contribution in [0.25, 0.3) is 27.7 Å². The van der Waals surface area contributed by atoms with Gasteiger partial charge in [0.15, 0.2) is 0 Å². The monoisotopic (exact) mass is 402 g/mol. The van der Waals surface area contributed by atoms with Crippen LogP contribution in [0.3, 0.4) is 0 Å². The van der Waals surface area contributed by atoms with E-state index in [0.717, 1.165) is 55.6 Å². The molecular formula is C25H24B2N4. The van der Waals surface area contributed by atoms with Crippen molar-refractivity contribution < 1.29 is 0 Å². The lowest BCUT2D eigenvalue weighted by Gasteiger charge is -2.21. The molecule has 0 fully saturated rings. The van der Waals surface area contributed by atoms with E-state index in [1.165, 1.54) is 0 Å². The number of pyridine rings is 1. The number of anilines is 1. The quantitative estimate of drug-likeness (QED) is 0.532. The molecule has 0 spiro atoms. The molecule has 0 aliphatic rings. The number of aryl methyl sites for hydroxylation is 1. The molecule has 0 saturated carbocycles. The van der Waals surface area contributed by atoms with E-state index in [2.05, 4.69) is 44.6 Å². The number of rotatable bonds is 4. The highest BCUT2D eigenvalue weighted by Crippen LogP contribution is 2.27. The van der Waals surface area contributed by atoms with Crippen molar-refractivity contribution in [3.05, 3.63) is 71.3 Å². The molecule has 0 amide bonds. The molecule has 4 rings (SSSR count). The highest BCUT2D eigenvalue weighted by atomic mass is 15.0. The van der Waals surface area contributed by atoms with Gasteiger partial charge in [0.05, 0.1) is 11.9 Å². The van der Waals surface area contributed by atoms with Crippen molar-refractivity contribution in [1.29, 1.82) is 0 Å². The Kier molecular flexibility index (Phi) is 5.26. The smallest absolute Gasteiger partial charge is 0.130 e. The molecule has 0 atom stereocenters. The van der Waals surface area contributed by atoms with Crippen LogP contribution in [0, 0.1) is 27.7 Å². The van der Waals surface area contributed by atoms with Crippen molar-refractivity contribution in [1.82, 2.24) is 14.5 Å². The van der Waals surface area contributed by atoms with E-state index >= 15 is 0 Å². The van der Waals surface area contributed by atoms with Crippen LogP contribution in [0.4, 0.5) is 5.82 Å². The molecule has 4 nitrogen and oxygen atoms in total. The van der Waals surface area contributed by atoms with Crippen molar-refractivity contribution in [2.24, 2.45) is 7.05 Å². The van der Waals surface area contributed by atoms with E-state index in [4.69, 9.17) is 15.7 Å². The number of fused-ring (bicyclic) bond motifs is 1. The van der Waals surface area contributed by atoms with Gasteiger partial charge in [0, 0.05) is 29.9 Å². The van der Waals surface area contributed by atoms with Gasteiger partial charge in [0.2, 0.25) is 0 Å². The summed E-state index contributed by atoms with van der Waals surface area (Å²) in [4.78, 5) is 8.96. The lowest BCUT2D eigenvalue weighted by Crippen LogP contribution is -2.27. The second-order valence-corrected chi connectivity index (χ2v) is 8.06. The van der Waals surface area contributed by atoms with E-state index < -0.39 is 0 Å². The molecule has 150 valence electrons. The molecule has 0 aliphatic heterocycles. The summed E-state index contributed by atoms with van der Waals surface area (Å²) in [5.74, 6) is 1.68. The third-order valence-electron chi connectivity index (χ3n) is 6.24. The molecule has 4 aromatic rings. The highest BCUT2D eigenvalue weighted by Gasteiger charge is 2.14. The Labute approximate surface area is 186 Å². The normalized spacial score (nSPS) is 11.1. The SMILES string of the molecule is [B]c1c(C)c(C)c([B])c(C(=C)Nc2cc3cc(-c4cnc(C)n4C)ccc3cn2)c1C. The van der Waals surface area contributed by atoms with E-state index in [1.807, 2.05) is 53.2 Å². The first kappa shape index (κ1) is 21.0. The number of hydrogen-bond acceptors (Lipinski definition) is 3. The first-order valence-corrected chi connectivity index (χ1v) is 10.2. The summed E-state index contributed by atoms with van der Waals surface area (Å²) in [6.07, 6.45) is 3.75. The summed E-state index contributed by atoms with van der Waals surface area (Å²) in [5, 5.41) is 5.46. The molecule has 0 bridgehead atoms. The highest BCUT2D eigenvalue weighted by molar-refractivity contribution is 6.40. The minimum atomic E-state index is 0.676. The van der Waals surface area contributed by atoms with E-state index in [0.29, 0.717) is 17.0 Å². The molecule has 6 heteroatoms. The Morgan fingerprint density at radius 3 is 2.29 bits per heavy atom. The number of aromatic nitrogens is 3. The summed E-state index contributed by atoms with van der Waals surface area (Å²) in [5.41, 5.74) is 8.03. The van der Waals surface area contributed by atoms with Crippen LogP contribution in [0.5, 0.6) is 0 Å². The average molecular weight is 402 g/mol. The fourth-order valence-corrected chi connectivity index (χ4v) is 3.95. The Morgan fingerprint density at radius 2 is 1.61 bits per heavy atom. The van der Waals surface area contributed by atoms with Crippen molar-refractivity contribution in [3.8, 4) is 11.3 Å². The minimum Gasteiger partial charge on any atom is -0.340 e. The standard InChI is InChI=1S/C25H24B2N4/c1-13-14(2)25(27)23(15(3)24(13)26)16(4)30-22-10-20-9-18(7-8-19(20)11-29-22)21-12-28-17(5)31(21)6/h7-12H,4H2,1-3,5-6H3,(H,29,30). The fourth-order valence-electron chi connectivity index (χ4n) is 3.95. The average Bonchev–Trinajstić information content (AvgIpc) is 3.09. The van der Waals surface area contributed by atoms with Crippen LogP contribution in [0.1, 0.15) is 28.1 Å². The second-order valence-electron chi connectivity index (χ2n) is 8.06. The van der Waals surface area contributed by atoms with Gasteiger partial charge in [-0.15, -0.1) is 0 Å². The molecular weight excluding hydrogens is 378 g/mol. The first-order valence-electron chi connectivity index (χ1n) is 10.2. The Morgan fingerprint density at radius 1 is 0.903 bits per heavy atom. The predicted octanol–water partition coefficient (Wildman–Crippen LogP) is 3.54. The van der Waals surface area contributed by atoms with Crippen molar-refractivity contribution in [3.63, 3.8) is 0 Å². The van der Waals surface area contributed by atoms with Crippen molar-refractivity contribution in [2.45, 2.75) is 27.7 Å². The topological polar surface area (TPSA) is 42.7 Å². The van der Waals surface area contributed by atoms with Crippen molar-refractivity contribution >= 4 is 48.9 Å². The first-order chi connectivity index (χ1) is 14.7. The van der Waals surface area contributed by atoms with Gasteiger partial charge in [-0.25, -0.2) is 9.97 Å². The number of imidazole rings is 1. The van der Waals surface area contributed by atoms with Crippen LogP contribution in [0.2, 0.25) is 0 Å². The van der Waals surface area contributed by atoms with Crippen molar-refractivity contribution in [2.75, 3.05) is 5.32 Å². The molecule has 0 unspecified atom stereocenters. The lowest BCUT2D eigenvalue weighted by molar-refractivity contribution is 0.865. The molecule has 31 heavy (non-hydrogen) atoms. The number of hydrogen-bond donors (Lipinski definition) is 1. The summed E-state index contributed by atoms with van der Waals surface area (Å²) in [6, 6.07) is 8.33. The Hall–Kier alpha value is -3.27. The molecule has 2 heterocycles. The molecule has 2 aromatic carbocycles. The van der Waals surface area contributed by atoms with Gasteiger partial charge >= 0.3 is 0 Å². The third kappa shape index (κ3) is 3.56. The van der Waals surface area contributed by atoms with Gasteiger partial charge in [-0.05, 0) is 56.3 Å². The second kappa shape index (κ2) is 7.77. The predicted molar refractivity (Wildman–Crippen MR) is 133 cm³/mol. The fraction of sp³-hybridized carbons (Fsp3) is 0.200. The maximum Gasteiger partial charge on any atom is 0.130 e. The molecule has 0 saturated heterocycles. The van der Waals surface area contributed by atoms with Gasteiger partial charge in [-0.2, -0.15) is 0 Å². The number of nitrogens with one attached hydrogen (secondary N) is 1. The van der Waals surface area contributed by atoms with Gasteiger partial charge in [0.1, 0.15) is 27.3 Å². The van der Waals surface area contributed by atoms with Gasteiger partial charge in [-0.1, -0.05) is 40.8 Å². The number of nitrogens with zero attached hydrogens (tertiary/aromatic N) is 3. The van der Waals surface area contributed by atoms with Gasteiger partial charge in [0.25, 0.3) is 0 Å². The van der Waals surface area contributed by atoms with Gasteiger partial charge < -0.3 is 9.88 Å². The largest absolute Gasteiger partial charge is 0.340 e. The van der Waals surface area contributed by atoms with Crippen LogP contribution in [-0.4, -0.2) is 30.2 Å². The third-order valence-corrected chi connectivity index (χ3v) is 6.24. The van der Waals surface area contributed by atoms with Crippen LogP contribution in [-0.2, 0) is 7.05 Å². The zero-order chi connectivity index (χ0) is 22.4. The zero-order valence-corrected chi connectivity index (χ0v) is 18.7. The van der Waals surface area contributed by atoms with E-state index in [1.54, 1.807) is 0 Å². The van der Waals surface area contributed by atoms with E-state index in [-0.39, 0.29) is 0 Å². The van der Waals surface area contributed by atoms with Crippen LogP contribution in [0.15, 0.2) is 43.2 Å². The summed E-state index contributed by atoms with van der Waals surface area (Å²) in [6.45, 7) is 12.1. The summed E-state index contributed by atoms with van der Waals surface area (Å²) >= 11 is 0. The molecule has 1 N–H and O–H groups in total. The summed E-state index contributed by atoms with van der Waals surface area (Å²) < 4.78 is 2.08. The number of benzene rings is 2. The summed E-state index contributed by atoms with van der Waals surface area (Å²) in [7, 11) is 14.7. The minimum absolute atomic E-state index is 0.676. The lowest BCUT2D eigenvalue weighted by atomic mass is 9.74. The van der Waals surface area contributed by atoms with E-state index in [9.17, 15) is 0 Å². The van der Waals surface area contributed by atoms with Crippen LogP contribution < -0.4 is 16.2 Å². The van der Waals surface area contributed by atoms with Crippen LogP contribution >= 0.6 is 0 Å². The molecule has 4 radical (unpaired) electrons. The Balaban J connectivity index is 1.71. The Bertz CT molecular complexity index is 1320. The molecule has 2 aromatic heterocycles. The maximum atomic E-state index is 6.41. The molecule has 0 aliphatic carbocycles. The maximum absolute atomic E-state index is 6.41. The van der Waals surface area contributed by atoms with Gasteiger partial charge in [-0.3, -0.25) is 0 Å². The zero-order valence-electron chi connectivity index (χ0n) is 18.7.